The zero-order valence-corrected chi connectivity index (χ0v) is 19.1. The number of nitrogens with zero attached hydrogens (tertiary/aromatic N) is 2. The molecule has 0 unspecified atom stereocenters. The lowest BCUT2D eigenvalue weighted by Crippen LogP contribution is -2.37. The number of methoxy groups -OCH3 is 2. The third-order valence-corrected chi connectivity index (χ3v) is 5.66. The smallest absolute Gasteiger partial charge is 0.290 e. The predicted molar refractivity (Wildman–Crippen MR) is 121 cm³/mol. The lowest BCUT2D eigenvalue weighted by molar-refractivity contribution is -0.122. The van der Waals surface area contributed by atoms with Crippen LogP contribution in [0, 0.1) is 0 Å². The van der Waals surface area contributed by atoms with E-state index in [4.69, 9.17) is 28.2 Å². The van der Waals surface area contributed by atoms with E-state index < -0.39 is 0 Å². The van der Waals surface area contributed by atoms with E-state index in [1.54, 1.807) is 11.0 Å². The summed E-state index contributed by atoms with van der Waals surface area (Å²) in [4.78, 5) is 38.6. The summed E-state index contributed by atoms with van der Waals surface area (Å²) in [6.45, 7) is 6.96. The molecular formula is C23H28N2O8. The second kappa shape index (κ2) is 10.4. The van der Waals surface area contributed by atoms with Gasteiger partial charge < -0.3 is 28.3 Å². The molecule has 0 radical (unpaired) electrons. The molecule has 33 heavy (non-hydrogen) atoms. The van der Waals surface area contributed by atoms with E-state index in [9.17, 15) is 9.59 Å². The quantitative estimate of drug-likeness (QED) is 0.586. The van der Waals surface area contributed by atoms with Crippen LogP contribution in [0.3, 0.4) is 0 Å². The molecule has 0 spiro atoms. The van der Waals surface area contributed by atoms with Gasteiger partial charge in [0.2, 0.25) is 5.75 Å². The van der Waals surface area contributed by atoms with Crippen molar-refractivity contribution in [3.8, 4) is 11.5 Å². The monoisotopic (exact) mass is 460 g/mol. The predicted octanol–water partition coefficient (Wildman–Crippen LogP) is 2.81. The van der Waals surface area contributed by atoms with Crippen LogP contribution in [0.15, 0.2) is 32.0 Å². The molecule has 1 saturated heterocycles. The Kier molecular flexibility index (Phi) is 7.59. The van der Waals surface area contributed by atoms with E-state index in [1.165, 1.54) is 26.5 Å². The van der Waals surface area contributed by atoms with Crippen LogP contribution >= 0.6 is 0 Å². The molecule has 3 heterocycles. The standard InChI is InChI=1S/C22H26N2O6.CH2O2/c1-13(2)23-7-5-8-24(10-9-23)22(26)16-12-15(25)17-18(27-3)14-6-11-29-19(14)21(28-4)20(17)30-16;2-1-3/h6,11-13H,5,7-10H2,1-4H3;1H,(H,2,3). The Balaban J connectivity index is 0.000000968. The van der Waals surface area contributed by atoms with E-state index >= 15 is 0 Å². The van der Waals surface area contributed by atoms with Gasteiger partial charge in [0.15, 0.2) is 22.4 Å². The van der Waals surface area contributed by atoms with Crippen LogP contribution in [0.4, 0.5) is 0 Å². The number of hydrogen-bond acceptors (Lipinski definition) is 8. The number of carbonyl (C=O) groups is 2. The van der Waals surface area contributed by atoms with Crippen LogP contribution < -0.4 is 14.9 Å². The van der Waals surface area contributed by atoms with Crippen LogP contribution in [0.2, 0.25) is 0 Å². The molecule has 178 valence electrons. The number of carbonyl (C=O) groups excluding carboxylic acids is 1. The minimum absolute atomic E-state index is 0.0169. The largest absolute Gasteiger partial charge is 0.495 e. The summed E-state index contributed by atoms with van der Waals surface area (Å²) in [5, 5.41) is 7.72. The SMILES string of the molecule is COc1c2occc2c(OC)c2c(=O)cc(C(=O)N3CCCN(C(C)C)CC3)oc12.O=CO. The molecule has 0 saturated carbocycles. The molecule has 1 amide bonds. The first kappa shape index (κ1) is 24.1. The van der Waals surface area contributed by atoms with Gasteiger partial charge >= 0.3 is 0 Å². The maximum atomic E-state index is 13.2. The van der Waals surface area contributed by atoms with Crippen molar-refractivity contribution in [1.82, 2.24) is 9.80 Å². The van der Waals surface area contributed by atoms with Crippen LogP contribution in [0.1, 0.15) is 30.8 Å². The Morgan fingerprint density at radius 2 is 1.82 bits per heavy atom. The number of benzene rings is 1. The molecule has 1 fully saturated rings. The summed E-state index contributed by atoms with van der Waals surface area (Å²) in [7, 11) is 2.94. The fraction of sp³-hybridized carbons (Fsp3) is 0.435. The second-order valence-electron chi connectivity index (χ2n) is 7.79. The van der Waals surface area contributed by atoms with Gasteiger partial charge in [0.25, 0.3) is 12.4 Å². The third kappa shape index (κ3) is 4.65. The molecule has 2 aromatic heterocycles. The summed E-state index contributed by atoms with van der Waals surface area (Å²) < 4.78 is 22.4. The molecule has 0 aliphatic carbocycles. The van der Waals surface area contributed by atoms with Crippen LogP contribution in [0.25, 0.3) is 21.9 Å². The van der Waals surface area contributed by atoms with Crippen molar-refractivity contribution in [1.29, 1.82) is 0 Å². The molecule has 0 atom stereocenters. The highest BCUT2D eigenvalue weighted by Crippen LogP contribution is 2.42. The molecule has 1 N–H and O–H groups in total. The molecule has 1 aromatic carbocycles. The number of fused-ring (bicyclic) bond motifs is 2. The Bertz CT molecular complexity index is 1200. The number of hydrogen-bond donors (Lipinski definition) is 1. The maximum Gasteiger partial charge on any atom is 0.290 e. The maximum absolute atomic E-state index is 13.2. The molecule has 10 nitrogen and oxygen atoms in total. The Labute approximate surface area is 190 Å². The average molecular weight is 460 g/mol. The van der Waals surface area contributed by atoms with Crippen molar-refractivity contribution in [3.63, 3.8) is 0 Å². The van der Waals surface area contributed by atoms with Gasteiger partial charge in [-0.1, -0.05) is 0 Å². The van der Waals surface area contributed by atoms with E-state index in [0.717, 1.165) is 19.5 Å². The van der Waals surface area contributed by atoms with E-state index in [0.29, 0.717) is 35.9 Å². The minimum Gasteiger partial charge on any atom is -0.495 e. The summed E-state index contributed by atoms with van der Waals surface area (Å²) >= 11 is 0. The van der Waals surface area contributed by atoms with Gasteiger partial charge in [0, 0.05) is 38.3 Å². The highest BCUT2D eigenvalue weighted by atomic mass is 16.5. The van der Waals surface area contributed by atoms with Gasteiger partial charge in [-0.15, -0.1) is 0 Å². The Morgan fingerprint density at radius 1 is 1.12 bits per heavy atom. The normalized spacial score (nSPS) is 14.6. The summed E-state index contributed by atoms with van der Waals surface area (Å²) in [6.07, 6.45) is 2.36. The van der Waals surface area contributed by atoms with Gasteiger partial charge in [-0.3, -0.25) is 19.3 Å². The highest BCUT2D eigenvalue weighted by Gasteiger charge is 2.27. The summed E-state index contributed by atoms with van der Waals surface area (Å²) in [5.41, 5.74) is 0.180. The van der Waals surface area contributed by atoms with Crippen LogP contribution in [0.5, 0.6) is 11.5 Å². The van der Waals surface area contributed by atoms with Gasteiger partial charge in [0.1, 0.15) is 11.1 Å². The number of ether oxygens (including phenoxy) is 2. The van der Waals surface area contributed by atoms with Crippen molar-refractivity contribution in [2.75, 3.05) is 40.4 Å². The highest BCUT2D eigenvalue weighted by molar-refractivity contribution is 6.07. The molecule has 0 bridgehead atoms. The summed E-state index contributed by atoms with van der Waals surface area (Å²) in [5.74, 6) is 0.279. The molecular weight excluding hydrogens is 432 g/mol. The first-order valence-electron chi connectivity index (χ1n) is 10.6. The third-order valence-electron chi connectivity index (χ3n) is 5.66. The molecule has 4 rings (SSSR count). The van der Waals surface area contributed by atoms with Crippen molar-refractivity contribution in [3.05, 3.63) is 34.4 Å². The zero-order chi connectivity index (χ0) is 24.1. The fourth-order valence-corrected chi connectivity index (χ4v) is 4.09. The lowest BCUT2D eigenvalue weighted by Gasteiger charge is -2.24. The number of rotatable bonds is 4. The van der Waals surface area contributed by atoms with Crippen LogP contribution in [-0.4, -0.2) is 73.7 Å². The van der Waals surface area contributed by atoms with E-state index in [-0.39, 0.29) is 40.3 Å². The molecule has 1 aliphatic rings. The minimum atomic E-state index is -0.364. The molecule has 10 heteroatoms. The van der Waals surface area contributed by atoms with Crippen molar-refractivity contribution in [2.45, 2.75) is 26.3 Å². The van der Waals surface area contributed by atoms with Gasteiger partial charge in [-0.25, -0.2) is 0 Å². The lowest BCUT2D eigenvalue weighted by atomic mass is 10.1. The van der Waals surface area contributed by atoms with Gasteiger partial charge in [-0.2, -0.15) is 0 Å². The fourth-order valence-electron chi connectivity index (χ4n) is 4.09. The molecule has 1 aliphatic heterocycles. The summed E-state index contributed by atoms with van der Waals surface area (Å²) in [6, 6.07) is 3.36. The van der Waals surface area contributed by atoms with Gasteiger partial charge in [0.05, 0.1) is 25.9 Å². The van der Waals surface area contributed by atoms with Crippen LogP contribution in [-0.2, 0) is 4.79 Å². The van der Waals surface area contributed by atoms with E-state index in [2.05, 4.69) is 18.7 Å². The zero-order valence-electron chi connectivity index (χ0n) is 19.1. The first-order chi connectivity index (χ1) is 15.9. The number of furan rings is 1. The topological polar surface area (TPSA) is 123 Å². The number of carboxylic acid groups (broad SMARTS) is 1. The first-order valence-corrected chi connectivity index (χ1v) is 10.6. The number of amides is 1. The van der Waals surface area contributed by atoms with Crippen molar-refractivity contribution >= 4 is 34.3 Å². The Morgan fingerprint density at radius 3 is 2.45 bits per heavy atom. The second-order valence-corrected chi connectivity index (χ2v) is 7.79. The van der Waals surface area contributed by atoms with E-state index in [1.807, 2.05) is 0 Å². The molecule has 3 aromatic rings. The van der Waals surface area contributed by atoms with Crippen molar-refractivity contribution in [2.24, 2.45) is 0 Å². The average Bonchev–Trinajstić information content (AvgIpc) is 3.13. The van der Waals surface area contributed by atoms with Gasteiger partial charge in [-0.05, 0) is 26.3 Å². The Hall–Kier alpha value is -3.53. The van der Waals surface area contributed by atoms with Crippen molar-refractivity contribution < 1.29 is 33.0 Å².